The summed E-state index contributed by atoms with van der Waals surface area (Å²) in [6.07, 6.45) is -4.71. The maximum absolute atomic E-state index is 13.3. The van der Waals surface area contributed by atoms with Crippen LogP contribution in [0.1, 0.15) is 11.1 Å². The summed E-state index contributed by atoms with van der Waals surface area (Å²) < 4.78 is 69.7. The Morgan fingerprint density at radius 1 is 1.24 bits per heavy atom. The van der Waals surface area contributed by atoms with E-state index in [9.17, 15) is 26.4 Å². The summed E-state index contributed by atoms with van der Waals surface area (Å²) >= 11 is 7.30. The molecule has 0 spiro atoms. The number of hydrogen-bond acceptors (Lipinski definition) is 5. The molecule has 2 aromatic carbocycles. The Hall–Kier alpha value is -2.24. The van der Waals surface area contributed by atoms with Crippen LogP contribution in [0, 0.1) is 0 Å². The number of aliphatic imine (C=N–C) groups is 1. The van der Waals surface area contributed by atoms with Crippen LogP contribution in [-0.4, -0.2) is 49.4 Å². The van der Waals surface area contributed by atoms with Crippen molar-refractivity contribution in [1.82, 2.24) is 0 Å². The lowest BCUT2D eigenvalue weighted by atomic mass is 10.1. The molecule has 0 aliphatic carbocycles. The number of thioether (sulfide) groups is 1. The quantitative estimate of drug-likeness (QED) is 0.603. The first kappa shape index (κ1) is 23.9. The van der Waals surface area contributed by atoms with E-state index in [1.54, 1.807) is 24.3 Å². The monoisotopic (exact) mass is 518 g/mol. The molecule has 2 aliphatic heterocycles. The number of rotatable bonds is 4. The zero-order valence-corrected chi connectivity index (χ0v) is 19.6. The van der Waals surface area contributed by atoms with Crippen LogP contribution in [0.4, 0.5) is 18.9 Å². The van der Waals surface area contributed by atoms with Gasteiger partial charge in [-0.3, -0.25) is 4.79 Å². The number of nitrogens with zero attached hydrogens (tertiary/aromatic N) is 2. The van der Waals surface area contributed by atoms with E-state index in [-0.39, 0.29) is 33.8 Å². The number of amidine groups is 1. The molecule has 0 bridgehead atoms. The maximum Gasteiger partial charge on any atom is 0.416 e. The van der Waals surface area contributed by atoms with Crippen molar-refractivity contribution in [3.05, 3.63) is 58.6 Å². The highest BCUT2D eigenvalue weighted by Crippen LogP contribution is 2.44. The second kappa shape index (κ2) is 8.84. The van der Waals surface area contributed by atoms with Crippen molar-refractivity contribution >= 4 is 50.0 Å². The molecule has 0 saturated carbocycles. The zero-order chi connectivity index (χ0) is 24.0. The second-order valence-electron chi connectivity index (χ2n) is 7.61. The molecule has 176 valence electrons. The van der Waals surface area contributed by atoms with Gasteiger partial charge in [0.05, 0.1) is 47.4 Å². The van der Waals surface area contributed by atoms with Crippen LogP contribution in [0.5, 0.6) is 5.75 Å². The third-order valence-corrected chi connectivity index (χ3v) is 8.88. The fourth-order valence-electron chi connectivity index (χ4n) is 3.88. The van der Waals surface area contributed by atoms with Gasteiger partial charge in [0.25, 0.3) is 5.91 Å². The number of hydrogen-bond donors (Lipinski definition) is 0. The summed E-state index contributed by atoms with van der Waals surface area (Å²) in [7, 11) is -1.92. The summed E-state index contributed by atoms with van der Waals surface area (Å²) in [6, 6.07) is 9.04. The molecule has 2 aromatic rings. The lowest BCUT2D eigenvalue weighted by Crippen LogP contribution is -2.38. The average Bonchev–Trinajstić information content (AvgIpc) is 3.18. The van der Waals surface area contributed by atoms with Crippen molar-refractivity contribution in [1.29, 1.82) is 0 Å². The minimum absolute atomic E-state index is 0.00146. The van der Waals surface area contributed by atoms with Gasteiger partial charge in [0.1, 0.15) is 5.75 Å². The predicted molar refractivity (Wildman–Crippen MR) is 122 cm³/mol. The Bertz CT molecular complexity index is 1230. The molecule has 2 saturated heterocycles. The van der Waals surface area contributed by atoms with E-state index in [0.29, 0.717) is 11.3 Å². The smallest absolute Gasteiger partial charge is 0.416 e. The fourth-order valence-corrected chi connectivity index (χ4v) is 8.01. The Kier molecular flexibility index (Phi) is 6.41. The topological polar surface area (TPSA) is 76.0 Å². The Labute approximate surface area is 197 Å². The molecule has 2 heterocycles. The molecule has 2 fully saturated rings. The maximum atomic E-state index is 13.3. The largest absolute Gasteiger partial charge is 0.496 e. The number of methoxy groups -OCH3 is 1. The Balaban J connectivity index is 1.73. The molecule has 0 unspecified atom stereocenters. The third kappa shape index (κ3) is 4.99. The Morgan fingerprint density at radius 2 is 1.97 bits per heavy atom. The third-order valence-electron chi connectivity index (χ3n) is 5.35. The number of ether oxygens (including phenoxy) is 1. The summed E-state index contributed by atoms with van der Waals surface area (Å²) in [6.45, 7) is 0. The van der Waals surface area contributed by atoms with Gasteiger partial charge in [-0.25, -0.2) is 8.42 Å². The first-order valence-corrected chi connectivity index (χ1v) is 12.8. The Morgan fingerprint density at radius 3 is 2.67 bits per heavy atom. The number of carbonyl (C=O) groups is 1. The molecule has 6 nitrogen and oxygen atoms in total. The number of anilines is 1. The summed E-state index contributed by atoms with van der Waals surface area (Å²) in [5, 5.41) is -0.349. The molecule has 0 radical (unpaired) electrons. The van der Waals surface area contributed by atoms with Crippen LogP contribution >= 0.6 is 23.4 Å². The van der Waals surface area contributed by atoms with Gasteiger partial charge in [0.15, 0.2) is 15.0 Å². The van der Waals surface area contributed by atoms with E-state index >= 15 is 0 Å². The van der Waals surface area contributed by atoms with Crippen molar-refractivity contribution in [3.63, 3.8) is 0 Å². The number of amides is 1. The van der Waals surface area contributed by atoms with Gasteiger partial charge < -0.3 is 9.64 Å². The number of alkyl halides is 3. The molecule has 33 heavy (non-hydrogen) atoms. The number of carbonyl (C=O) groups excluding carboxylic acids is 1. The molecular weight excluding hydrogens is 501 g/mol. The lowest BCUT2D eigenvalue weighted by molar-refractivity contribution is -0.137. The fraction of sp³-hybridized carbons (Fsp3) is 0.333. The van der Waals surface area contributed by atoms with Crippen molar-refractivity contribution in [2.75, 3.05) is 23.5 Å². The minimum Gasteiger partial charge on any atom is -0.496 e. The van der Waals surface area contributed by atoms with Gasteiger partial charge >= 0.3 is 6.18 Å². The van der Waals surface area contributed by atoms with Crippen LogP contribution in [0.2, 0.25) is 5.02 Å². The molecule has 0 aromatic heterocycles. The van der Waals surface area contributed by atoms with Crippen LogP contribution < -0.4 is 9.64 Å². The van der Waals surface area contributed by atoms with E-state index in [4.69, 9.17) is 16.3 Å². The zero-order valence-electron chi connectivity index (χ0n) is 17.2. The summed E-state index contributed by atoms with van der Waals surface area (Å²) in [4.78, 5) is 18.3. The second-order valence-corrected chi connectivity index (χ2v) is 11.4. The summed E-state index contributed by atoms with van der Waals surface area (Å²) in [5.74, 6) is -0.463. The van der Waals surface area contributed by atoms with Gasteiger partial charge in [-0.15, -0.1) is 0 Å². The highest BCUT2D eigenvalue weighted by Gasteiger charge is 2.50. The van der Waals surface area contributed by atoms with Crippen molar-refractivity contribution in [3.8, 4) is 5.75 Å². The van der Waals surface area contributed by atoms with E-state index in [0.717, 1.165) is 30.0 Å². The SMILES string of the molecule is COc1ccccc1CC(=O)N=C1S[C@@H]2CS(=O)(=O)C[C@@H]2N1c1cc(C(F)(F)F)ccc1Cl. The number of halogens is 4. The molecule has 12 heteroatoms. The van der Waals surface area contributed by atoms with Crippen molar-refractivity contribution in [2.24, 2.45) is 4.99 Å². The van der Waals surface area contributed by atoms with Gasteiger partial charge in [-0.2, -0.15) is 18.2 Å². The predicted octanol–water partition coefficient (Wildman–Crippen LogP) is 4.21. The van der Waals surface area contributed by atoms with Gasteiger partial charge in [0.2, 0.25) is 0 Å². The summed E-state index contributed by atoms with van der Waals surface area (Å²) in [5.41, 5.74) is -0.368. The normalized spacial score (nSPS) is 23.1. The lowest BCUT2D eigenvalue weighted by Gasteiger charge is -2.26. The highest BCUT2D eigenvalue weighted by molar-refractivity contribution is 8.16. The van der Waals surface area contributed by atoms with Crippen LogP contribution in [0.15, 0.2) is 47.5 Å². The van der Waals surface area contributed by atoms with Crippen molar-refractivity contribution < 1.29 is 31.1 Å². The van der Waals surface area contributed by atoms with Crippen LogP contribution in [-0.2, 0) is 27.2 Å². The average molecular weight is 519 g/mol. The van der Waals surface area contributed by atoms with Crippen molar-refractivity contribution in [2.45, 2.75) is 23.9 Å². The minimum atomic E-state index is -4.62. The number of benzene rings is 2. The molecule has 4 rings (SSSR count). The van der Waals surface area contributed by atoms with E-state index in [1.165, 1.54) is 12.0 Å². The van der Waals surface area contributed by atoms with E-state index in [2.05, 4.69) is 4.99 Å². The van der Waals surface area contributed by atoms with Gasteiger partial charge in [0, 0.05) is 10.8 Å². The van der Waals surface area contributed by atoms with Gasteiger partial charge in [-0.05, 0) is 24.3 Å². The molecule has 0 N–H and O–H groups in total. The highest BCUT2D eigenvalue weighted by atomic mass is 35.5. The molecule has 1 amide bonds. The molecular formula is C21H18ClF3N2O4S2. The molecule has 2 atom stereocenters. The number of para-hydroxylation sites is 1. The van der Waals surface area contributed by atoms with Crippen LogP contribution in [0.3, 0.4) is 0 Å². The number of fused-ring (bicyclic) bond motifs is 1. The van der Waals surface area contributed by atoms with E-state index < -0.39 is 38.8 Å². The standard InChI is InChI=1S/C21H18ClF3N2O4S2/c1-31-17-5-3-2-4-12(17)8-19(28)26-20-27(16-10-33(29,30)11-18(16)32-20)15-9-13(21(23,24)25)6-7-14(15)22/h2-7,9,16,18H,8,10-11H2,1H3/t16-,18+/m0/s1. The van der Waals surface area contributed by atoms with Crippen LogP contribution in [0.25, 0.3) is 0 Å². The first-order valence-electron chi connectivity index (χ1n) is 9.75. The first-order chi connectivity index (χ1) is 15.5. The molecule has 2 aliphatic rings. The number of sulfone groups is 1. The van der Waals surface area contributed by atoms with E-state index in [1.807, 2.05) is 0 Å². The van der Waals surface area contributed by atoms with Gasteiger partial charge in [-0.1, -0.05) is 41.6 Å².